The van der Waals surface area contributed by atoms with Crippen LogP contribution in [0.2, 0.25) is 0 Å². The van der Waals surface area contributed by atoms with Gasteiger partial charge in [-0.1, -0.05) is 24.8 Å². The summed E-state index contributed by atoms with van der Waals surface area (Å²) in [7, 11) is 3.47. The summed E-state index contributed by atoms with van der Waals surface area (Å²) in [6.07, 6.45) is 1.23. The van der Waals surface area contributed by atoms with Crippen molar-refractivity contribution in [2.24, 2.45) is 7.05 Å². The predicted molar refractivity (Wildman–Crippen MR) is 153 cm³/mol. The molecular formula is C30H31FN6O3. The molecule has 0 bridgehead atoms. The van der Waals surface area contributed by atoms with Crippen LogP contribution in [0.1, 0.15) is 35.7 Å². The topological polar surface area (TPSA) is 124 Å². The number of aryl methyl sites for hydroxylation is 1. The number of benzene rings is 2. The molecule has 0 aliphatic heterocycles. The Hall–Kier alpha value is -4.57. The molecule has 0 unspecified atom stereocenters. The lowest BCUT2D eigenvalue weighted by Crippen LogP contribution is -2.45. The highest BCUT2D eigenvalue weighted by molar-refractivity contribution is 6.08. The van der Waals surface area contributed by atoms with E-state index in [1.807, 2.05) is 48.0 Å². The third-order valence-electron chi connectivity index (χ3n) is 7.15. The van der Waals surface area contributed by atoms with E-state index in [1.54, 1.807) is 20.1 Å². The predicted octanol–water partition coefficient (Wildman–Crippen LogP) is 4.78. The van der Waals surface area contributed by atoms with Gasteiger partial charge >= 0.3 is 0 Å². The van der Waals surface area contributed by atoms with Crippen molar-refractivity contribution >= 4 is 34.4 Å². The van der Waals surface area contributed by atoms with Gasteiger partial charge in [-0.05, 0) is 60.7 Å². The van der Waals surface area contributed by atoms with Gasteiger partial charge in [0.1, 0.15) is 24.0 Å². The average Bonchev–Trinajstić information content (AvgIpc) is 3.21. The number of carbonyl (C=O) groups is 2. The second-order valence-electron chi connectivity index (χ2n) is 10.1. The molecule has 206 valence electrons. The summed E-state index contributed by atoms with van der Waals surface area (Å²) in [4.78, 5) is 33.8. The van der Waals surface area contributed by atoms with Gasteiger partial charge in [-0.15, -0.1) is 0 Å². The van der Waals surface area contributed by atoms with Gasteiger partial charge in [0.05, 0.1) is 17.7 Å². The molecule has 1 fully saturated rings. The molecule has 2 amide bonds. The van der Waals surface area contributed by atoms with Crippen LogP contribution in [0, 0.1) is 0 Å². The Morgan fingerprint density at radius 3 is 2.50 bits per heavy atom. The highest BCUT2D eigenvalue weighted by atomic mass is 19.1. The second-order valence-corrected chi connectivity index (χ2v) is 10.1. The van der Waals surface area contributed by atoms with Gasteiger partial charge in [0.25, 0.3) is 11.8 Å². The number of hydrogen-bond donors (Lipinski definition) is 3. The van der Waals surface area contributed by atoms with E-state index >= 15 is 0 Å². The maximum absolute atomic E-state index is 13.3. The van der Waals surface area contributed by atoms with Crippen molar-refractivity contribution in [2.75, 3.05) is 18.2 Å². The van der Waals surface area contributed by atoms with Crippen LogP contribution in [0.25, 0.3) is 33.4 Å². The van der Waals surface area contributed by atoms with E-state index in [-0.39, 0.29) is 24.5 Å². The molecule has 0 radical (unpaired) electrons. The fraction of sp³-hybridized carbons (Fsp3) is 0.267. The number of nitrogens with one attached hydrogen (secondary N) is 2. The number of carbonyl (C=O) groups excluding carboxylic acids is 2. The van der Waals surface area contributed by atoms with E-state index in [0.29, 0.717) is 52.1 Å². The number of amides is 2. The molecule has 0 saturated heterocycles. The molecule has 0 spiro atoms. The minimum atomic E-state index is -0.861. The number of halogens is 1. The Morgan fingerprint density at radius 1 is 1.15 bits per heavy atom. The SMILES string of the molecule is C=C(C)C(=O)Nc1ccc(-c2c(-c3ccc(C(=O)N[C@H]4C[C@H](F)C4)c(COC)c3)c3c(N)ncnc3n2C)cc1. The number of nitrogens with zero attached hydrogens (tertiary/aromatic N) is 3. The van der Waals surface area contributed by atoms with Crippen molar-refractivity contribution in [3.05, 3.63) is 72.1 Å². The summed E-state index contributed by atoms with van der Waals surface area (Å²) in [6.45, 7) is 5.53. The first-order chi connectivity index (χ1) is 19.2. The van der Waals surface area contributed by atoms with Gasteiger partial charge in [0.2, 0.25) is 0 Å². The third kappa shape index (κ3) is 5.05. The van der Waals surface area contributed by atoms with Crippen LogP contribution in [0.15, 0.2) is 60.9 Å². The number of alkyl halides is 1. The molecule has 4 aromatic rings. The van der Waals surface area contributed by atoms with Gasteiger partial charge < -0.3 is 25.7 Å². The van der Waals surface area contributed by atoms with E-state index in [9.17, 15) is 14.0 Å². The zero-order valence-electron chi connectivity index (χ0n) is 22.6. The van der Waals surface area contributed by atoms with Crippen molar-refractivity contribution in [3.63, 3.8) is 0 Å². The lowest BCUT2D eigenvalue weighted by molar-refractivity contribution is -0.112. The quantitative estimate of drug-likeness (QED) is 0.276. The minimum Gasteiger partial charge on any atom is -0.383 e. The first-order valence-electron chi connectivity index (χ1n) is 12.9. The largest absolute Gasteiger partial charge is 0.383 e. The molecule has 0 atom stereocenters. The maximum Gasteiger partial charge on any atom is 0.251 e. The number of aromatic nitrogens is 3. The lowest BCUT2D eigenvalue weighted by Gasteiger charge is -2.30. The van der Waals surface area contributed by atoms with Crippen LogP contribution in [0.3, 0.4) is 0 Å². The van der Waals surface area contributed by atoms with Crippen LogP contribution >= 0.6 is 0 Å². The van der Waals surface area contributed by atoms with Crippen LogP contribution in [-0.4, -0.2) is 45.7 Å². The van der Waals surface area contributed by atoms with Gasteiger partial charge in [0, 0.05) is 42.6 Å². The highest BCUT2D eigenvalue weighted by Gasteiger charge is 2.31. The first kappa shape index (κ1) is 27.0. The molecule has 10 heteroatoms. The molecule has 2 aromatic carbocycles. The number of nitrogen functional groups attached to an aromatic ring is 1. The molecule has 1 aliphatic rings. The number of fused-ring (bicyclic) bond motifs is 1. The van der Waals surface area contributed by atoms with Crippen molar-refractivity contribution < 1.29 is 18.7 Å². The number of anilines is 2. The molecule has 5 rings (SSSR count). The molecule has 1 saturated carbocycles. The Labute approximate surface area is 231 Å². The van der Waals surface area contributed by atoms with E-state index < -0.39 is 6.17 Å². The van der Waals surface area contributed by atoms with Crippen molar-refractivity contribution in [1.82, 2.24) is 19.9 Å². The normalized spacial score (nSPS) is 16.4. The van der Waals surface area contributed by atoms with E-state index in [4.69, 9.17) is 10.5 Å². The number of methoxy groups -OCH3 is 1. The van der Waals surface area contributed by atoms with E-state index in [0.717, 1.165) is 22.4 Å². The maximum atomic E-state index is 13.3. The van der Waals surface area contributed by atoms with Crippen LogP contribution in [-0.2, 0) is 23.2 Å². The Balaban J connectivity index is 1.61. The fourth-order valence-electron chi connectivity index (χ4n) is 5.02. The van der Waals surface area contributed by atoms with Crippen molar-refractivity contribution in [2.45, 2.75) is 38.6 Å². The van der Waals surface area contributed by atoms with Crippen LogP contribution < -0.4 is 16.4 Å². The molecule has 4 N–H and O–H groups in total. The van der Waals surface area contributed by atoms with Crippen LogP contribution in [0.4, 0.5) is 15.9 Å². The fourth-order valence-corrected chi connectivity index (χ4v) is 5.02. The number of ether oxygens (including phenoxy) is 1. The Bertz CT molecular complexity index is 1620. The lowest BCUT2D eigenvalue weighted by atomic mass is 9.90. The van der Waals surface area contributed by atoms with E-state index in [1.165, 1.54) is 6.33 Å². The number of nitrogens with two attached hydrogens (primary N) is 1. The molecular weight excluding hydrogens is 511 g/mol. The summed E-state index contributed by atoms with van der Waals surface area (Å²) in [5, 5.41) is 6.42. The van der Waals surface area contributed by atoms with Gasteiger partial charge in [-0.3, -0.25) is 9.59 Å². The summed E-state index contributed by atoms with van der Waals surface area (Å²) in [5.41, 5.74) is 12.6. The van der Waals surface area contributed by atoms with Gasteiger partial charge in [-0.2, -0.15) is 0 Å². The standard InChI is InChI=1S/C30H31FN6O3/c1-16(2)29(38)35-21-8-5-17(6-9-21)26-24(25-27(32)33-15-34-28(25)37(26)3)18-7-10-23(19(11-18)14-40-4)30(39)36-22-12-20(31)13-22/h5-11,15,20,22H,1,12-14H2,2-4H3,(H,35,38)(H,36,39)(H2,32,33,34)/t20-,22-. The number of hydrogen-bond acceptors (Lipinski definition) is 6. The zero-order valence-corrected chi connectivity index (χ0v) is 22.6. The summed E-state index contributed by atoms with van der Waals surface area (Å²) in [5.74, 6) is -0.185. The van der Waals surface area contributed by atoms with Crippen LogP contribution in [0.5, 0.6) is 0 Å². The zero-order chi connectivity index (χ0) is 28.6. The Morgan fingerprint density at radius 2 is 1.85 bits per heavy atom. The van der Waals surface area contributed by atoms with Crippen molar-refractivity contribution in [1.29, 1.82) is 0 Å². The monoisotopic (exact) mass is 542 g/mol. The van der Waals surface area contributed by atoms with Crippen molar-refractivity contribution in [3.8, 4) is 22.4 Å². The number of rotatable bonds is 8. The first-order valence-corrected chi connectivity index (χ1v) is 12.9. The molecule has 2 aromatic heterocycles. The second kappa shape index (κ2) is 10.9. The molecule has 40 heavy (non-hydrogen) atoms. The Kier molecular flexibility index (Phi) is 7.36. The highest BCUT2D eigenvalue weighted by Crippen LogP contribution is 2.42. The summed E-state index contributed by atoms with van der Waals surface area (Å²) in [6, 6.07) is 12.8. The summed E-state index contributed by atoms with van der Waals surface area (Å²) < 4.78 is 20.7. The molecule has 1 aliphatic carbocycles. The minimum absolute atomic E-state index is 0.165. The average molecular weight is 543 g/mol. The van der Waals surface area contributed by atoms with Gasteiger partial charge in [0.15, 0.2) is 0 Å². The van der Waals surface area contributed by atoms with E-state index in [2.05, 4.69) is 27.2 Å². The summed E-state index contributed by atoms with van der Waals surface area (Å²) >= 11 is 0. The smallest absolute Gasteiger partial charge is 0.251 e. The molecule has 9 nitrogen and oxygen atoms in total. The molecule has 2 heterocycles. The third-order valence-corrected chi connectivity index (χ3v) is 7.15. The van der Waals surface area contributed by atoms with Gasteiger partial charge in [-0.25, -0.2) is 14.4 Å².